The molecule has 1 rings (SSSR count). The van der Waals surface area contributed by atoms with Crippen LogP contribution in [0.2, 0.25) is 0 Å². The minimum absolute atomic E-state index is 0.127. The Morgan fingerprint density at radius 2 is 1.85 bits per heavy atom. The number of pyridine rings is 1. The average Bonchev–Trinajstić information content (AvgIpc) is 2.34. The van der Waals surface area contributed by atoms with Gasteiger partial charge >= 0.3 is 12.3 Å². The number of nitrogens with two attached hydrogens (primary N) is 1. The first-order valence-electron chi connectivity index (χ1n) is 6.06. The van der Waals surface area contributed by atoms with E-state index in [1.807, 2.05) is 20.8 Å². The summed E-state index contributed by atoms with van der Waals surface area (Å²) in [7, 11) is 0. The fourth-order valence-electron chi connectivity index (χ4n) is 1.37. The van der Waals surface area contributed by atoms with Crippen molar-refractivity contribution in [3.05, 3.63) is 23.4 Å². The van der Waals surface area contributed by atoms with E-state index in [4.69, 9.17) is 10.5 Å². The maximum absolute atomic E-state index is 12.8. The van der Waals surface area contributed by atoms with E-state index in [0.717, 1.165) is 0 Å². The first-order valence-corrected chi connectivity index (χ1v) is 6.06. The SMILES string of the molecule is CC(C)(C)c1cc(CN)cc(OCC(F)(F)C(F)F)n1. The van der Waals surface area contributed by atoms with Crippen molar-refractivity contribution in [1.82, 2.24) is 4.98 Å². The highest BCUT2D eigenvalue weighted by Crippen LogP contribution is 2.27. The van der Waals surface area contributed by atoms with Gasteiger partial charge in [0.1, 0.15) is 0 Å². The standard InChI is InChI=1S/C13H18F4N2O/c1-12(2,3)9-4-8(6-18)5-10(19-9)20-7-13(16,17)11(14)15/h4-5,11H,6-7,18H2,1-3H3. The summed E-state index contributed by atoms with van der Waals surface area (Å²) in [6.45, 7) is 4.40. The summed E-state index contributed by atoms with van der Waals surface area (Å²) < 4.78 is 54.5. The third-order valence-corrected chi connectivity index (χ3v) is 2.60. The van der Waals surface area contributed by atoms with E-state index in [9.17, 15) is 17.6 Å². The van der Waals surface area contributed by atoms with E-state index >= 15 is 0 Å². The van der Waals surface area contributed by atoms with Crippen molar-refractivity contribution in [3.8, 4) is 5.88 Å². The number of hydrogen-bond acceptors (Lipinski definition) is 3. The number of aromatic nitrogens is 1. The summed E-state index contributed by atoms with van der Waals surface area (Å²) in [6, 6.07) is 3.11. The van der Waals surface area contributed by atoms with Gasteiger partial charge in [-0.2, -0.15) is 8.78 Å². The van der Waals surface area contributed by atoms with Crippen LogP contribution >= 0.6 is 0 Å². The molecule has 0 aliphatic heterocycles. The second-order valence-corrected chi connectivity index (χ2v) is 5.50. The first kappa shape index (κ1) is 16.7. The Morgan fingerprint density at radius 3 is 2.30 bits per heavy atom. The van der Waals surface area contributed by atoms with Gasteiger partial charge in [-0.1, -0.05) is 20.8 Å². The monoisotopic (exact) mass is 294 g/mol. The molecule has 0 radical (unpaired) electrons. The molecule has 20 heavy (non-hydrogen) atoms. The molecular formula is C13H18F4N2O. The second kappa shape index (κ2) is 5.95. The summed E-state index contributed by atoms with van der Waals surface area (Å²) in [5.74, 6) is -4.33. The van der Waals surface area contributed by atoms with Crippen molar-refractivity contribution < 1.29 is 22.3 Å². The molecule has 0 aliphatic carbocycles. The lowest BCUT2D eigenvalue weighted by molar-refractivity contribution is -0.148. The van der Waals surface area contributed by atoms with Crippen LogP contribution in [-0.4, -0.2) is 23.9 Å². The Balaban J connectivity index is 2.96. The zero-order valence-electron chi connectivity index (χ0n) is 11.6. The highest BCUT2D eigenvalue weighted by atomic mass is 19.3. The largest absolute Gasteiger partial charge is 0.471 e. The Labute approximate surface area is 115 Å². The molecule has 0 unspecified atom stereocenters. The molecule has 2 N–H and O–H groups in total. The molecule has 0 saturated carbocycles. The Kier molecular flexibility index (Phi) is 4.96. The van der Waals surface area contributed by atoms with Crippen LogP contribution in [0.1, 0.15) is 32.0 Å². The Morgan fingerprint density at radius 1 is 1.25 bits per heavy atom. The second-order valence-electron chi connectivity index (χ2n) is 5.50. The van der Waals surface area contributed by atoms with Gasteiger partial charge in [0.15, 0.2) is 6.61 Å². The Bertz CT molecular complexity index is 458. The number of ether oxygens (including phenoxy) is 1. The maximum Gasteiger partial charge on any atom is 0.340 e. The van der Waals surface area contributed by atoms with Crippen LogP contribution in [-0.2, 0) is 12.0 Å². The topological polar surface area (TPSA) is 48.1 Å². The number of nitrogens with zero attached hydrogens (tertiary/aromatic N) is 1. The van der Waals surface area contributed by atoms with Crippen molar-refractivity contribution in [1.29, 1.82) is 0 Å². The van der Waals surface area contributed by atoms with Gasteiger partial charge in [-0.05, 0) is 11.6 Å². The van der Waals surface area contributed by atoms with Gasteiger partial charge in [-0.15, -0.1) is 0 Å². The van der Waals surface area contributed by atoms with E-state index < -0.39 is 19.0 Å². The minimum atomic E-state index is -4.21. The van der Waals surface area contributed by atoms with E-state index in [1.165, 1.54) is 6.07 Å². The van der Waals surface area contributed by atoms with Crippen LogP contribution < -0.4 is 10.5 Å². The van der Waals surface area contributed by atoms with Crippen LogP contribution in [0.4, 0.5) is 17.6 Å². The van der Waals surface area contributed by atoms with Crippen molar-refractivity contribution >= 4 is 0 Å². The lowest BCUT2D eigenvalue weighted by Gasteiger charge is -2.21. The van der Waals surface area contributed by atoms with Gasteiger partial charge in [0, 0.05) is 18.0 Å². The van der Waals surface area contributed by atoms with Crippen molar-refractivity contribution in [3.63, 3.8) is 0 Å². The van der Waals surface area contributed by atoms with E-state index in [0.29, 0.717) is 11.3 Å². The van der Waals surface area contributed by atoms with Gasteiger partial charge in [0.2, 0.25) is 5.88 Å². The Hall–Kier alpha value is -1.37. The number of halogens is 4. The molecule has 0 aromatic carbocycles. The van der Waals surface area contributed by atoms with Gasteiger partial charge in [0.25, 0.3) is 0 Å². The number of alkyl halides is 4. The zero-order valence-corrected chi connectivity index (χ0v) is 11.6. The van der Waals surface area contributed by atoms with E-state index in [-0.39, 0.29) is 17.8 Å². The molecule has 0 spiro atoms. The van der Waals surface area contributed by atoms with Crippen LogP contribution in [0.5, 0.6) is 5.88 Å². The zero-order chi connectivity index (χ0) is 15.6. The molecule has 1 aromatic rings. The molecule has 0 bridgehead atoms. The summed E-state index contributed by atoms with van der Waals surface area (Å²) >= 11 is 0. The predicted octanol–water partition coefficient (Wildman–Crippen LogP) is 3.12. The van der Waals surface area contributed by atoms with Crippen molar-refractivity contribution in [2.75, 3.05) is 6.61 Å². The van der Waals surface area contributed by atoms with Crippen LogP contribution in [0.3, 0.4) is 0 Å². The summed E-state index contributed by atoms with van der Waals surface area (Å²) in [5, 5.41) is 0. The maximum atomic E-state index is 12.8. The third kappa shape index (κ3) is 4.33. The number of hydrogen-bond donors (Lipinski definition) is 1. The average molecular weight is 294 g/mol. The minimum Gasteiger partial charge on any atom is -0.471 e. The van der Waals surface area contributed by atoms with Crippen LogP contribution in [0.15, 0.2) is 12.1 Å². The molecule has 1 heterocycles. The van der Waals surface area contributed by atoms with Gasteiger partial charge in [-0.25, -0.2) is 13.8 Å². The molecular weight excluding hydrogens is 276 g/mol. The summed E-state index contributed by atoms with van der Waals surface area (Å²) in [4.78, 5) is 4.06. The van der Waals surface area contributed by atoms with Crippen LogP contribution in [0, 0.1) is 0 Å². The fraction of sp³-hybridized carbons (Fsp3) is 0.615. The molecule has 114 valence electrons. The first-order chi connectivity index (χ1) is 9.06. The van der Waals surface area contributed by atoms with Gasteiger partial charge in [0.05, 0.1) is 5.69 Å². The van der Waals surface area contributed by atoms with Gasteiger partial charge < -0.3 is 10.5 Å². The summed E-state index contributed by atoms with van der Waals surface area (Å²) in [5.41, 5.74) is 6.40. The molecule has 3 nitrogen and oxygen atoms in total. The molecule has 0 amide bonds. The van der Waals surface area contributed by atoms with Gasteiger partial charge in [-0.3, -0.25) is 0 Å². The van der Waals surface area contributed by atoms with E-state index in [1.54, 1.807) is 6.07 Å². The molecule has 1 aromatic heterocycles. The smallest absolute Gasteiger partial charge is 0.340 e. The molecule has 0 atom stereocenters. The lowest BCUT2D eigenvalue weighted by atomic mass is 9.91. The highest BCUT2D eigenvalue weighted by Gasteiger charge is 2.41. The molecule has 0 saturated heterocycles. The van der Waals surface area contributed by atoms with Crippen molar-refractivity contribution in [2.24, 2.45) is 5.73 Å². The normalized spacial score (nSPS) is 12.8. The molecule has 0 aliphatic rings. The molecule has 0 fully saturated rings. The van der Waals surface area contributed by atoms with Crippen LogP contribution in [0.25, 0.3) is 0 Å². The molecule has 7 heteroatoms. The summed E-state index contributed by atoms with van der Waals surface area (Å²) in [6.07, 6.45) is -3.78. The van der Waals surface area contributed by atoms with E-state index in [2.05, 4.69) is 4.98 Å². The fourth-order valence-corrected chi connectivity index (χ4v) is 1.37. The highest BCUT2D eigenvalue weighted by molar-refractivity contribution is 5.28. The number of rotatable bonds is 5. The lowest BCUT2D eigenvalue weighted by Crippen LogP contribution is -2.34. The quantitative estimate of drug-likeness (QED) is 0.849. The van der Waals surface area contributed by atoms with Crippen molar-refractivity contribution in [2.45, 2.75) is 45.1 Å². The predicted molar refractivity (Wildman–Crippen MR) is 67.3 cm³/mol. The third-order valence-electron chi connectivity index (χ3n) is 2.60.